The van der Waals surface area contributed by atoms with Crippen LogP contribution in [0.5, 0.6) is 0 Å². The van der Waals surface area contributed by atoms with Gasteiger partial charge in [-0.25, -0.2) is 9.78 Å². The molecule has 6 nitrogen and oxygen atoms in total. The highest BCUT2D eigenvalue weighted by Crippen LogP contribution is 2.47. The fourth-order valence-electron chi connectivity index (χ4n) is 4.25. The molecule has 0 saturated carbocycles. The number of carbonyl (C=O) groups excluding carboxylic acids is 1. The molecule has 0 aliphatic heterocycles. The van der Waals surface area contributed by atoms with Gasteiger partial charge in [-0.3, -0.25) is 0 Å². The number of thiazole rings is 1. The molecule has 0 spiro atoms. The van der Waals surface area contributed by atoms with Crippen molar-refractivity contribution in [3.05, 3.63) is 119 Å². The van der Waals surface area contributed by atoms with Gasteiger partial charge in [-0.2, -0.15) is 0 Å². The van der Waals surface area contributed by atoms with E-state index in [9.17, 15) is 4.79 Å². The molecule has 0 aliphatic carbocycles. The average Bonchev–Trinajstić information content (AvgIpc) is 3.45. The van der Waals surface area contributed by atoms with Gasteiger partial charge in [0.15, 0.2) is 5.13 Å². The number of nitrogens with one attached hydrogen (secondary N) is 1. The van der Waals surface area contributed by atoms with Gasteiger partial charge in [0.05, 0.1) is 0 Å². The molecule has 9 heteroatoms. The highest BCUT2D eigenvalue weighted by Gasteiger charge is 2.37. The topological polar surface area (TPSA) is 72.8 Å². The van der Waals surface area contributed by atoms with Crippen molar-refractivity contribution in [2.45, 2.75) is 26.3 Å². The SMILES string of the molecule is CCO/N=C(\C(=O)OP(=S)(CC)CC)c1csc(NC(c2ccccc2)(c2ccccc2)c2ccccc2)n1. The van der Waals surface area contributed by atoms with Gasteiger partial charge in [-0.1, -0.05) is 122 Å². The zero-order chi connectivity index (χ0) is 27.7. The molecule has 4 rings (SSSR count). The van der Waals surface area contributed by atoms with Crippen molar-refractivity contribution < 1.29 is 14.2 Å². The second-order valence-corrected chi connectivity index (χ2v) is 14.6. The van der Waals surface area contributed by atoms with Crippen LogP contribution in [0, 0.1) is 0 Å². The lowest BCUT2D eigenvalue weighted by atomic mass is 9.77. The second kappa shape index (κ2) is 13.2. The van der Waals surface area contributed by atoms with Crippen LogP contribution < -0.4 is 5.32 Å². The van der Waals surface area contributed by atoms with E-state index < -0.39 is 17.8 Å². The lowest BCUT2D eigenvalue weighted by Gasteiger charge is -2.36. The highest BCUT2D eigenvalue weighted by atomic mass is 32.4. The molecule has 39 heavy (non-hydrogen) atoms. The molecule has 1 aromatic heterocycles. The van der Waals surface area contributed by atoms with Crippen molar-refractivity contribution in [3.8, 4) is 0 Å². The molecule has 0 atom stereocenters. The summed E-state index contributed by atoms with van der Waals surface area (Å²) in [6, 6.07) is 30.8. The first-order valence-corrected chi connectivity index (χ1v) is 16.9. The van der Waals surface area contributed by atoms with Crippen molar-refractivity contribution in [1.82, 2.24) is 4.98 Å². The van der Waals surface area contributed by atoms with E-state index in [2.05, 4.69) is 46.9 Å². The third kappa shape index (κ3) is 6.47. The van der Waals surface area contributed by atoms with Gasteiger partial charge < -0.3 is 14.7 Å². The van der Waals surface area contributed by atoms with Crippen LogP contribution in [0.2, 0.25) is 0 Å². The Morgan fingerprint density at radius 3 is 1.82 bits per heavy atom. The summed E-state index contributed by atoms with van der Waals surface area (Å²) < 4.78 is 5.79. The number of aromatic nitrogens is 1. The summed E-state index contributed by atoms with van der Waals surface area (Å²) in [5.41, 5.74) is 2.79. The Morgan fingerprint density at radius 2 is 1.38 bits per heavy atom. The van der Waals surface area contributed by atoms with E-state index in [1.54, 1.807) is 12.3 Å². The Kier molecular flexibility index (Phi) is 9.68. The van der Waals surface area contributed by atoms with Crippen LogP contribution in [-0.4, -0.2) is 35.6 Å². The normalized spacial score (nSPS) is 12.1. The number of carbonyl (C=O) groups is 1. The van der Waals surface area contributed by atoms with Gasteiger partial charge in [-0.05, 0) is 23.6 Å². The molecule has 202 valence electrons. The van der Waals surface area contributed by atoms with E-state index in [1.807, 2.05) is 68.4 Å². The van der Waals surface area contributed by atoms with Crippen molar-refractivity contribution in [2.75, 3.05) is 24.2 Å². The summed E-state index contributed by atoms with van der Waals surface area (Å²) in [5, 5.41) is 10.2. The van der Waals surface area contributed by atoms with E-state index in [0.717, 1.165) is 16.7 Å². The first-order chi connectivity index (χ1) is 19.0. The predicted molar refractivity (Wildman–Crippen MR) is 165 cm³/mol. The minimum absolute atomic E-state index is 0.0157. The maximum absolute atomic E-state index is 13.2. The van der Waals surface area contributed by atoms with Crippen LogP contribution in [0.1, 0.15) is 43.2 Å². The van der Waals surface area contributed by atoms with Gasteiger partial charge in [-0.15, -0.1) is 11.3 Å². The lowest BCUT2D eigenvalue weighted by molar-refractivity contribution is -0.126. The monoisotopic (exact) mass is 577 g/mol. The molecular weight excluding hydrogens is 545 g/mol. The van der Waals surface area contributed by atoms with E-state index in [-0.39, 0.29) is 5.71 Å². The number of oxime groups is 1. The van der Waals surface area contributed by atoms with Gasteiger partial charge >= 0.3 is 5.97 Å². The Labute approximate surface area is 239 Å². The number of hydrogen-bond acceptors (Lipinski definition) is 8. The molecule has 0 unspecified atom stereocenters. The minimum atomic E-state index is -2.28. The van der Waals surface area contributed by atoms with Gasteiger partial charge in [0, 0.05) is 17.7 Å². The zero-order valence-electron chi connectivity index (χ0n) is 22.2. The minimum Gasteiger partial charge on any atom is -0.432 e. The molecule has 0 bridgehead atoms. The van der Waals surface area contributed by atoms with E-state index >= 15 is 0 Å². The fraction of sp³-hybridized carbons (Fsp3) is 0.233. The number of benzene rings is 3. The maximum atomic E-state index is 13.2. The maximum Gasteiger partial charge on any atom is 0.366 e. The molecule has 3 aromatic carbocycles. The molecule has 0 amide bonds. The molecule has 0 fully saturated rings. The Hall–Kier alpha value is -3.32. The molecule has 0 radical (unpaired) electrons. The third-order valence-electron chi connectivity index (χ3n) is 6.35. The first-order valence-electron chi connectivity index (χ1n) is 12.9. The van der Waals surface area contributed by atoms with Crippen LogP contribution in [0.3, 0.4) is 0 Å². The largest absolute Gasteiger partial charge is 0.432 e. The third-order valence-corrected chi connectivity index (χ3v) is 11.3. The molecule has 1 heterocycles. The summed E-state index contributed by atoms with van der Waals surface area (Å²) >= 11 is 7.03. The van der Waals surface area contributed by atoms with E-state index in [1.165, 1.54) is 11.3 Å². The number of nitrogens with zero attached hydrogens (tertiary/aromatic N) is 2. The molecule has 4 aromatic rings. The molecular formula is C30H32N3O3PS2. The van der Waals surface area contributed by atoms with Crippen LogP contribution in [0.25, 0.3) is 0 Å². The number of rotatable bonds is 12. The standard InChI is InChI=1S/C30H32N3O3PS2/c1-4-35-33-27(28(34)36-37(38,5-2)6-3)26-22-39-29(31-26)32-30(23-16-10-7-11-17-23,24-18-12-8-13-19-24)25-20-14-9-15-21-25/h7-22H,4-6H2,1-3H3,(H,31,32)/b33-27-. The summed E-state index contributed by atoms with van der Waals surface area (Å²) in [5.74, 6) is -0.604. The predicted octanol–water partition coefficient (Wildman–Crippen LogP) is 7.27. The van der Waals surface area contributed by atoms with Gasteiger partial charge in [0.1, 0.15) is 24.1 Å². The molecule has 1 N–H and O–H groups in total. The second-order valence-electron chi connectivity index (χ2n) is 8.69. The molecule has 0 saturated heterocycles. The quantitative estimate of drug-likeness (QED) is 0.0827. The van der Waals surface area contributed by atoms with Crippen LogP contribution in [0.15, 0.2) is 102 Å². The van der Waals surface area contributed by atoms with Gasteiger partial charge in [0.25, 0.3) is 0 Å². The zero-order valence-corrected chi connectivity index (χ0v) is 24.8. The fourth-order valence-corrected chi connectivity index (χ4v) is 6.29. The van der Waals surface area contributed by atoms with Gasteiger partial charge in [0.2, 0.25) is 5.71 Å². The van der Waals surface area contributed by atoms with Crippen molar-refractivity contribution in [3.63, 3.8) is 0 Å². The smallest absolute Gasteiger partial charge is 0.366 e. The van der Waals surface area contributed by atoms with E-state index in [4.69, 9.17) is 26.2 Å². The lowest BCUT2D eigenvalue weighted by Crippen LogP contribution is -2.38. The van der Waals surface area contributed by atoms with Crippen LogP contribution in [-0.2, 0) is 31.5 Å². The Balaban J connectivity index is 1.80. The number of hydrogen-bond donors (Lipinski definition) is 1. The van der Waals surface area contributed by atoms with Crippen molar-refractivity contribution in [2.24, 2.45) is 5.16 Å². The first kappa shape index (κ1) is 28.7. The van der Waals surface area contributed by atoms with Crippen molar-refractivity contribution in [1.29, 1.82) is 0 Å². The Bertz CT molecular complexity index is 1340. The summed E-state index contributed by atoms with van der Waals surface area (Å²) in [6.45, 7) is 5.99. The van der Waals surface area contributed by atoms with E-state index in [0.29, 0.717) is 29.8 Å². The number of anilines is 1. The summed E-state index contributed by atoms with van der Waals surface area (Å²) in [6.07, 6.45) is -1.05. The van der Waals surface area contributed by atoms with Crippen LogP contribution >= 0.6 is 17.6 Å². The summed E-state index contributed by atoms with van der Waals surface area (Å²) in [4.78, 5) is 23.3. The highest BCUT2D eigenvalue weighted by molar-refractivity contribution is 8.12. The summed E-state index contributed by atoms with van der Waals surface area (Å²) in [7, 11) is 0. The Morgan fingerprint density at radius 1 is 0.897 bits per heavy atom. The average molecular weight is 578 g/mol. The molecule has 0 aliphatic rings. The van der Waals surface area contributed by atoms with Crippen molar-refractivity contribution >= 4 is 46.2 Å². The van der Waals surface area contributed by atoms with Crippen LogP contribution in [0.4, 0.5) is 5.13 Å².